The number of hydrogen-bond acceptors (Lipinski definition) is 1. The molecule has 1 heterocycles. The molecule has 1 saturated carbocycles. The van der Waals surface area contributed by atoms with Crippen molar-refractivity contribution in [3.05, 3.63) is 0 Å². The maximum atomic E-state index is 3.73. The third-order valence-corrected chi connectivity index (χ3v) is 4.15. The first-order valence-electron chi connectivity index (χ1n) is 6.05. The Labute approximate surface area is 82.3 Å². The summed E-state index contributed by atoms with van der Waals surface area (Å²) >= 11 is 0. The van der Waals surface area contributed by atoms with Gasteiger partial charge in [-0.15, -0.1) is 0 Å². The largest absolute Gasteiger partial charge is 0.313 e. The summed E-state index contributed by atoms with van der Waals surface area (Å²) in [5.74, 6) is 0. The Kier molecular flexibility index (Phi) is 2.92. The highest BCUT2D eigenvalue weighted by Gasteiger charge is 2.35. The highest BCUT2D eigenvalue weighted by Crippen LogP contribution is 2.40. The molecular formula is C12H23N. The Balaban J connectivity index is 1.94. The lowest BCUT2D eigenvalue weighted by Gasteiger charge is -2.43. The van der Waals surface area contributed by atoms with Crippen LogP contribution < -0.4 is 5.32 Å². The van der Waals surface area contributed by atoms with Crippen LogP contribution in [0.5, 0.6) is 0 Å². The first-order valence-corrected chi connectivity index (χ1v) is 6.05. The average molecular weight is 181 g/mol. The second-order valence-corrected chi connectivity index (χ2v) is 5.22. The first-order chi connectivity index (χ1) is 6.31. The summed E-state index contributed by atoms with van der Waals surface area (Å²) in [7, 11) is 0. The molecule has 0 spiro atoms. The van der Waals surface area contributed by atoms with E-state index in [1.807, 2.05) is 0 Å². The van der Waals surface area contributed by atoms with Crippen LogP contribution in [-0.2, 0) is 0 Å². The molecule has 1 N–H and O–H groups in total. The van der Waals surface area contributed by atoms with E-state index >= 15 is 0 Å². The van der Waals surface area contributed by atoms with Gasteiger partial charge in [-0.3, -0.25) is 0 Å². The van der Waals surface area contributed by atoms with E-state index in [9.17, 15) is 0 Å². The summed E-state index contributed by atoms with van der Waals surface area (Å²) in [6.45, 7) is 3.77. The molecule has 2 rings (SSSR count). The van der Waals surface area contributed by atoms with Crippen molar-refractivity contribution in [1.29, 1.82) is 0 Å². The van der Waals surface area contributed by atoms with Gasteiger partial charge >= 0.3 is 0 Å². The van der Waals surface area contributed by atoms with Crippen molar-refractivity contribution >= 4 is 0 Å². The fourth-order valence-corrected chi connectivity index (χ4v) is 3.15. The third kappa shape index (κ3) is 2.07. The van der Waals surface area contributed by atoms with Crippen molar-refractivity contribution in [2.24, 2.45) is 5.41 Å². The third-order valence-electron chi connectivity index (χ3n) is 4.15. The minimum Gasteiger partial charge on any atom is -0.313 e. The Morgan fingerprint density at radius 1 is 1.00 bits per heavy atom. The van der Waals surface area contributed by atoms with E-state index in [0.717, 1.165) is 6.04 Å². The summed E-state index contributed by atoms with van der Waals surface area (Å²) < 4.78 is 0. The van der Waals surface area contributed by atoms with Gasteiger partial charge in [0, 0.05) is 6.04 Å². The van der Waals surface area contributed by atoms with Crippen molar-refractivity contribution in [2.75, 3.05) is 6.54 Å². The second kappa shape index (κ2) is 4.00. The molecule has 1 aliphatic carbocycles. The van der Waals surface area contributed by atoms with Crippen LogP contribution in [0.25, 0.3) is 0 Å². The number of rotatable bonds is 1. The van der Waals surface area contributed by atoms with Crippen molar-refractivity contribution in [2.45, 2.75) is 64.3 Å². The molecule has 0 aromatic heterocycles. The predicted octanol–water partition coefficient (Wildman–Crippen LogP) is 3.10. The van der Waals surface area contributed by atoms with E-state index in [1.54, 1.807) is 0 Å². The van der Waals surface area contributed by atoms with Gasteiger partial charge in [-0.05, 0) is 37.6 Å². The monoisotopic (exact) mass is 181 g/mol. The summed E-state index contributed by atoms with van der Waals surface area (Å²) in [5, 5.41) is 3.73. The summed E-state index contributed by atoms with van der Waals surface area (Å²) in [5.41, 5.74) is 0.638. The zero-order chi connectivity index (χ0) is 9.15. The normalized spacial score (nSPS) is 34.4. The molecule has 1 nitrogen and oxygen atoms in total. The van der Waals surface area contributed by atoms with Crippen LogP contribution in [0.3, 0.4) is 0 Å². The number of nitrogens with one attached hydrogen (secondary N) is 1. The van der Waals surface area contributed by atoms with Crippen LogP contribution >= 0.6 is 0 Å². The molecule has 0 amide bonds. The molecule has 0 aromatic carbocycles. The summed E-state index contributed by atoms with van der Waals surface area (Å²) in [6, 6.07) is 0.835. The quantitative estimate of drug-likeness (QED) is 0.655. The van der Waals surface area contributed by atoms with Gasteiger partial charge in [-0.1, -0.05) is 32.6 Å². The van der Waals surface area contributed by atoms with Gasteiger partial charge in [-0.2, -0.15) is 0 Å². The Morgan fingerprint density at radius 2 is 1.77 bits per heavy atom. The molecular weight excluding hydrogens is 158 g/mol. The molecule has 1 aliphatic heterocycles. The highest BCUT2D eigenvalue weighted by molar-refractivity contribution is 4.91. The lowest BCUT2D eigenvalue weighted by molar-refractivity contribution is 0.124. The van der Waals surface area contributed by atoms with Crippen LogP contribution in [0.2, 0.25) is 0 Å². The Morgan fingerprint density at radius 3 is 2.38 bits per heavy atom. The fraction of sp³-hybridized carbons (Fsp3) is 1.00. The number of hydrogen-bond donors (Lipinski definition) is 1. The standard InChI is InChI=1S/C12H23N/c1-12(8-4-2-5-9-12)11-7-3-6-10-13-11/h11,13H,2-10H2,1H3. The highest BCUT2D eigenvalue weighted by atomic mass is 14.9. The molecule has 1 atom stereocenters. The molecule has 1 heteroatoms. The average Bonchev–Trinajstić information content (AvgIpc) is 2.20. The fourth-order valence-electron chi connectivity index (χ4n) is 3.15. The van der Waals surface area contributed by atoms with Crippen LogP contribution in [0.15, 0.2) is 0 Å². The molecule has 0 bridgehead atoms. The van der Waals surface area contributed by atoms with Crippen LogP contribution in [0.1, 0.15) is 58.3 Å². The molecule has 0 aromatic rings. The molecule has 2 aliphatic rings. The lowest BCUT2D eigenvalue weighted by atomic mass is 9.68. The van der Waals surface area contributed by atoms with Crippen molar-refractivity contribution < 1.29 is 0 Å². The maximum Gasteiger partial charge on any atom is 0.0121 e. The summed E-state index contributed by atoms with van der Waals surface area (Å²) in [6.07, 6.45) is 11.6. The van der Waals surface area contributed by atoms with E-state index in [1.165, 1.54) is 57.9 Å². The smallest absolute Gasteiger partial charge is 0.0121 e. The maximum absolute atomic E-state index is 3.73. The molecule has 13 heavy (non-hydrogen) atoms. The van der Waals surface area contributed by atoms with Crippen LogP contribution in [0, 0.1) is 5.41 Å². The van der Waals surface area contributed by atoms with Gasteiger partial charge < -0.3 is 5.32 Å². The topological polar surface area (TPSA) is 12.0 Å². The van der Waals surface area contributed by atoms with Gasteiger partial charge in [0.15, 0.2) is 0 Å². The van der Waals surface area contributed by atoms with Crippen molar-refractivity contribution in [1.82, 2.24) is 5.32 Å². The minimum atomic E-state index is 0.638. The van der Waals surface area contributed by atoms with Gasteiger partial charge in [0.2, 0.25) is 0 Å². The zero-order valence-corrected chi connectivity index (χ0v) is 8.94. The molecule has 2 fully saturated rings. The van der Waals surface area contributed by atoms with E-state index in [2.05, 4.69) is 12.2 Å². The van der Waals surface area contributed by atoms with E-state index in [0.29, 0.717) is 5.41 Å². The lowest BCUT2D eigenvalue weighted by Crippen LogP contribution is -2.47. The zero-order valence-electron chi connectivity index (χ0n) is 8.94. The van der Waals surface area contributed by atoms with E-state index in [4.69, 9.17) is 0 Å². The second-order valence-electron chi connectivity index (χ2n) is 5.22. The Hall–Kier alpha value is -0.0400. The summed E-state index contributed by atoms with van der Waals surface area (Å²) in [4.78, 5) is 0. The van der Waals surface area contributed by atoms with E-state index in [-0.39, 0.29) is 0 Å². The molecule has 76 valence electrons. The molecule has 1 saturated heterocycles. The Bertz CT molecular complexity index is 153. The SMILES string of the molecule is CC1(C2CCCCN2)CCCCC1. The minimum absolute atomic E-state index is 0.638. The molecule has 1 unspecified atom stereocenters. The van der Waals surface area contributed by atoms with Gasteiger partial charge in [0.1, 0.15) is 0 Å². The van der Waals surface area contributed by atoms with E-state index < -0.39 is 0 Å². The first kappa shape index (κ1) is 9.51. The predicted molar refractivity (Wildman–Crippen MR) is 56.8 cm³/mol. The number of piperidine rings is 1. The van der Waals surface area contributed by atoms with Crippen molar-refractivity contribution in [3.8, 4) is 0 Å². The van der Waals surface area contributed by atoms with Gasteiger partial charge in [0.25, 0.3) is 0 Å². The van der Waals surface area contributed by atoms with Crippen LogP contribution in [0.4, 0.5) is 0 Å². The van der Waals surface area contributed by atoms with Crippen molar-refractivity contribution in [3.63, 3.8) is 0 Å². The van der Waals surface area contributed by atoms with Gasteiger partial charge in [-0.25, -0.2) is 0 Å². The van der Waals surface area contributed by atoms with Gasteiger partial charge in [0.05, 0.1) is 0 Å². The van der Waals surface area contributed by atoms with Crippen LogP contribution in [-0.4, -0.2) is 12.6 Å². The molecule has 0 radical (unpaired) electrons.